The van der Waals surface area contributed by atoms with E-state index in [1.54, 1.807) is 7.05 Å². The fraction of sp³-hybridized carbons (Fsp3) is 0.545. The van der Waals surface area contributed by atoms with Crippen LogP contribution in [0.25, 0.3) is 0 Å². The standard InChI is InChI=1S/C11H19N3O4S2/c1-11(2,19(4,15)16)8-14-20(17,18)9-5-6-13-10(7-9)12-3/h5-7,14H,8H2,1-4H3,(H,12,13). The lowest BCUT2D eigenvalue weighted by Crippen LogP contribution is -2.43. The van der Waals surface area contributed by atoms with Gasteiger partial charge in [0.2, 0.25) is 10.0 Å². The predicted molar refractivity (Wildman–Crippen MR) is 77.9 cm³/mol. The van der Waals surface area contributed by atoms with Crippen LogP contribution in [0.1, 0.15) is 13.8 Å². The second kappa shape index (κ2) is 5.66. The van der Waals surface area contributed by atoms with Crippen molar-refractivity contribution in [1.29, 1.82) is 0 Å². The van der Waals surface area contributed by atoms with E-state index in [0.717, 1.165) is 6.26 Å². The minimum absolute atomic E-state index is 0.0288. The molecule has 0 spiro atoms. The lowest BCUT2D eigenvalue weighted by atomic mass is 10.2. The van der Waals surface area contributed by atoms with Gasteiger partial charge in [0, 0.05) is 32.1 Å². The molecule has 0 saturated carbocycles. The minimum atomic E-state index is -3.78. The molecule has 2 N–H and O–H groups in total. The molecule has 7 nitrogen and oxygen atoms in total. The van der Waals surface area contributed by atoms with Crippen LogP contribution in [0.4, 0.5) is 5.82 Å². The molecule has 9 heteroatoms. The number of rotatable bonds is 6. The van der Waals surface area contributed by atoms with Crippen LogP contribution in [0.3, 0.4) is 0 Å². The van der Waals surface area contributed by atoms with Gasteiger partial charge in [-0.05, 0) is 19.9 Å². The van der Waals surface area contributed by atoms with Gasteiger partial charge in [0.15, 0.2) is 9.84 Å². The largest absolute Gasteiger partial charge is 0.373 e. The average molecular weight is 321 g/mol. The summed E-state index contributed by atoms with van der Waals surface area (Å²) >= 11 is 0. The Morgan fingerprint density at radius 2 is 1.85 bits per heavy atom. The first-order chi connectivity index (χ1) is 8.99. The SMILES string of the molecule is CNc1cc(S(=O)(=O)NCC(C)(C)S(C)(=O)=O)ccn1. The number of nitrogens with one attached hydrogen (secondary N) is 2. The van der Waals surface area contributed by atoms with Gasteiger partial charge in [-0.1, -0.05) is 0 Å². The Kier molecular flexibility index (Phi) is 4.78. The van der Waals surface area contributed by atoms with Crippen LogP contribution >= 0.6 is 0 Å². The molecule has 0 aliphatic rings. The molecule has 1 aromatic rings. The Labute approximate surface area is 119 Å². The van der Waals surface area contributed by atoms with Crippen LogP contribution in [0.2, 0.25) is 0 Å². The van der Waals surface area contributed by atoms with Gasteiger partial charge in [0.25, 0.3) is 0 Å². The van der Waals surface area contributed by atoms with Gasteiger partial charge in [-0.2, -0.15) is 0 Å². The summed E-state index contributed by atoms with van der Waals surface area (Å²) in [5.41, 5.74) is 0. The minimum Gasteiger partial charge on any atom is -0.373 e. The number of aromatic nitrogens is 1. The van der Waals surface area contributed by atoms with Crippen LogP contribution in [0.15, 0.2) is 23.2 Å². The first-order valence-corrected chi connectivity index (χ1v) is 9.20. The van der Waals surface area contributed by atoms with Crippen LogP contribution < -0.4 is 10.0 Å². The summed E-state index contributed by atoms with van der Waals surface area (Å²) in [5.74, 6) is 0.412. The maximum Gasteiger partial charge on any atom is 0.240 e. The lowest BCUT2D eigenvalue weighted by Gasteiger charge is -2.22. The monoisotopic (exact) mass is 321 g/mol. The summed E-state index contributed by atoms with van der Waals surface area (Å²) in [6.45, 7) is 2.73. The van der Waals surface area contributed by atoms with E-state index >= 15 is 0 Å². The molecule has 0 fully saturated rings. The number of hydrogen-bond donors (Lipinski definition) is 2. The molecule has 0 saturated heterocycles. The zero-order valence-corrected chi connectivity index (χ0v) is 13.5. The molecule has 0 unspecified atom stereocenters. The van der Waals surface area contributed by atoms with Crippen molar-refractivity contribution >= 4 is 25.7 Å². The van der Waals surface area contributed by atoms with Crippen molar-refractivity contribution in [3.63, 3.8) is 0 Å². The molecule has 0 aliphatic heterocycles. The predicted octanol–water partition coefficient (Wildman–Crippen LogP) is 0.225. The van der Waals surface area contributed by atoms with Crippen molar-refractivity contribution in [2.24, 2.45) is 0 Å². The third-order valence-electron chi connectivity index (χ3n) is 2.99. The smallest absolute Gasteiger partial charge is 0.240 e. The van der Waals surface area contributed by atoms with E-state index < -0.39 is 24.6 Å². The lowest BCUT2D eigenvalue weighted by molar-refractivity contribution is 0.537. The van der Waals surface area contributed by atoms with Crippen LogP contribution in [-0.4, -0.2) is 46.4 Å². The molecule has 0 radical (unpaired) electrons. The van der Waals surface area contributed by atoms with E-state index in [4.69, 9.17) is 0 Å². The molecule has 1 aromatic heterocycles. The molecular formula is C11H19N3O4S2. The molecule has 20 heavy (non-hydrogen) atoms. The molecule has 0 bridgehead atoms. The van der Waals surface area contributed by atoms with Gasteiger partial charge in [0.05, 0.1) is 9.64 Å². The second-order valence-corrected chi connectivity index (χ2v) is 9.40. The highest BCUT2D eigenvalue weighted by Gasteiger charge is 2.31. The fourth-order valence-corrected chi connectivity index (χ4v) is 2.85. The Hall–Kier alpha value is -1.19. The highest BCUT2D eigenvalue weighted by molar-refractivity contribution is 7.92. The van der Waals surface area contributed by atoms with Gasteiger partial charge in [-0.3, -0.25) is 0 Å². The molecule has 0 atom stereocenters. The van der Waals surface area contributed by atoms with Gasteiger partial charge >= 0.3 is 0 Å². The number of pyridine rings is 1. The normalized spacial score (nSPS) is 13.2. The maximum atomic E-state index is 12.1. The Bertz CT molecular complexity index is 681. The van der Waals surface area contributed by atoms with E-state index in [9.17, 15) is 16.8 Å². The zero-order valence-electron chi connectivity index (χ0n) is 11.8. The maximum absolute atomic E-state index is 12.1. The topological polar surface area (TPSA) is 105 Å². The van der Waals surface area contributed by atoms with Gasteiger partial charge in [-0.15, -0.1) is 0 Å². The van der Waals surface area contributed by atoms with E-state index in [0.29, 0.717) is 5.82 Å². The number of nitrogens with zero attached hydrogens (tertiary/aromatic N) is 1. The first kappa shape index (κ1) is 16.9. The number of sulfonamides is 1. The molecule has 1 rings (SSSR count). The van der Waals surface area contributed by atoms with Crippen molar-refractivity contribution in [2.75, 3.05) is 25.2 Å². The number of hydrogen-bond acceptors (Lipinski definition) is 6. The van der Waals surface area contributed by atoms with Crippen LogP contribution in [-0.2, 0) is 19.9 Å². The Balaban J connectivity index is 2.96. The third kappa shape index (κ3) is 3.90. The molecule has 1 heterocycles. The summed E-state index contributed by atoms with van der Waals surface area (Å²) < 4.78 is 48.5. The fourth-order valence-electron chi connectivity index (χ4n) is 1.20. The highest BCUT2D eigenvalue weighted by atomic mass is 32.2. The molecule has 0 amide bonds. The van der Waals surface area contributed by atoms with Crippen LogP contribution in [0, 0.1) is 0 Å². The molecule has 0 aromatic carbocycles. The van der Waals surface area contributed by atoms with Crippen molar-refractivity contribution in [2.45, 2.75) is 23.5 Å². The quantitative estimate of drug-likeness (QED) is 0.777. The average Bonchev–Trinajstić information content (AvgIpc) is 2.35. The third-order valence-corrected chi connectivity index (χ3v) is 6.54. The first-order valence-electron chi connectivity index (χ1n) is 5.83. The molecular weight excluding hydrogens is 302 g/mol. The summed E-state index contributed by atoms with van der Waals surface area (Å²) in [6, 6.07) is 2.71. The highest BCUT2D eigenvalue weighted by Crippen LogP contribution is 2.16. The zero-order chi connectivity index (χ0) is 15.6. The number of anilines is 1. The van der Waals surface area contributed by atoms with Crippen molar-refractivity contribution < 1.29 is 16.8 Å². The van der Waals surface area contributed by atoms with Gasteiger partial charge < -0.3 is 5.32 Å². The summed E-state index contributed by atoms with van der Waals surface area (Å²) in [7, 11) is -5.53. The summed E-state index contributed by atoms with van der Waals surface area (Å²) in [4.78, 5) is 3.95. The van der Waals surface area contributed by atoms with Crippen molar-refractivity contribution in [3.05, 3.63) is 18.3 Å². The van der Waals surface area contributed by atoms with Gasteiger partial charge in [0.1, 0.15) is 5.82 Å². The van der Waals surface area contributed by atoms with Crippen LogP contribution in [0.5, 0.6) is 0 Å². The van der Waals surface area contributed by atoms with Crippen molar-refractivity contribution in [3.8, 4) is 0 Å². The second-order valence-electron chi connectivity index (χ2n) is 4.98. The summed E-state index contributed by atoms with van der Waals surface area (Å²) in [6.07, 6.45) is 2.44. The van der Waals surface area contributed by atoms with Crippen molar-refractivity contribution in [1.82, 2.24) is 9.71 Å². The van der Waals surface area contributed by atoms with E-state index in [2.05, 4.69) is 15.0 Å². The van der Waals surface area contributed by atoms with E-state index in [1.165, 1.54) is 32.2 Å². The summed E-state index contributed by atoms with van der Waals surface area (Å²) in [5, 5.41) is 2.74. The Morgan fingerprint density at radius 3 is 2.35 bits per heavy atom. The molecule has 114 valence electrons. The number of sulfone groups is 1. The molecule has 0 aliphatic carbocycles. The van der Waals surface area contributed by atoms with E-state index in [-0.39, 0.29) is 11.4 Å². The van der Waals surface area contributed by atoms with E-state index in [1.807, 2.05) is 0 Å². The Morgan fingerprint density at radius 1 is 1.25 bits per heavy atom. The van der Waals surface area contributed by atoms with Gasteiger partial charge in [-0.25, -0.2) is 26.5 Å².